The largest absolute Gasteiger partial charge is 0.376 e. The summed E-state index contributed by atoms with van der Waals surface area (Å²) >= 11 is 0. The van der Waals surface area contributed by atoms with Crippen LogP contribution in [-0.2, 0) is 0 Å². The summed E-state index contributed by atoms with van der Waals surface area (Å²) in [5.41, 5.74) is 1.71. The van der Waals surface area contributed by atoms with Crippen molar-refractivity contribution in [1.29, 1.82) is 0 Å². The third-order valence-corrected chi connectivity index (χ3v) is 4.87. The van der Waals surface area contributed by atoms with E-state index in [0.717, 1.165) is 5.56 Å². The maximum atomic E-state index is 14.1. The first-order chi connectivity index (χ1) is 13.1. The van der Waals surface area contributed by atoms with Gasteiger partial charge in [-0.3, -0.25) is 9.89 Å². The van der Waals surface area contributed by atoms with Gasteiger partial charge in [0.05, 0.1) is 23.0 Å². The number of nitrogens with zero attached hydrogens (tertiary/aromatic N) is 3. The molecule has 0 aliphatic carbocycles. The molecule has 0 spiro atoms. The lowest BCUT2D eigenvalue weighted by molar-refractivity contribution is 0.601. The molecule has 3 heterocycles. The molecule has 0 radical (unpaired) electrons. The highest BCUT2D eigenvalue weighted by Crippen LogP contribution is 2.45. The first-order valence-corrected chi connectivity index (χ1v) is 8.54. The first-order valence-electron chi connectivity index (χ1n) is 8.54. The Morgan fingerprint density at radius 3 is 2.63 bits per heavy atom. The Hall–Kier alpha value is -3.55. The highest BCUT2D eigenvalue weighted by Gasteiger charge is 2.37. The zero-order valence-corrected chi connectivity index (χ0v) is 14.3. The number of benzene rings is 2. The van der Waals surface area contributed by atoms with Crippen molar-refractivity contribution in [2.24, 2.45) is 0 Å². The van der Waals surface area contributed by atoms with Gasteiger partial charge < -0.3 is 5.32 Å². The fraction of sp³-hybridized carbons (Fsp3) is 0.158. The molecule has 0 saturated heterocycles. The molecule has 1 aliphatic heterocycles. The predicted molar refractivity (Wildman–Crippen MR) is 98.1 cm³/mol. The van der Waals surface area contributed by atoms with Crippen molar-refractivity contribution in [2.45, 2.75) is 18.9 Å². The Labute approximate surface area is 152 Å². The van der Waals surface area contributed by atoms with Crippen LogP contribution in [0.3, 0.4) is 0 Å². The maximum absolute atomic E-state index is 14.1. The SMILES string of the molecule is Cc1nc(C2c3n[nH]c(=O)c4cc(F)cc(c34)NC2c2ccccc2)n[nH]1. The molecule has 2 aromatic carbocycles. The zero-order chi connectivity index (χ0) is 18.5. The monoisotopic (exact) mass is 362 g/mol. The van der Waals surface area contributed by atoms with Gasteiger partial charge in [-0.15, -0.1) is 0 Å². The van der Waals surface area contributed by atoms with Crippen LogP contribution in [0.4, 0.5) is 10.1 Å². The fourth-order valence-electron chi connectivity index (χ4n) is 3.74. The van der Waals surface area contributed by atoms with Crippen LogP contribution in [0.5, 0.6) is 0 Å². The molecular weight excluding hydrogens is 347 g/mol. The molecule has 27 heavy (non-hydrogen) atoms. The number of aromatic amines is 2. The third-order valence-electron chi connectivity index (χ3n) is 4.87. The fourth-order valence-corrected chi connectivity index (χ4v) is 3.74. The molecule has 8 heteroatoms. The van der Waals surface area contributed by atoms with Crippen molar-refractivity contribution in [3.05, 3.63) is 81.5 Å². The number of H-pyrrole nitrogens is 2. The van der Waals surface area contributed by atoms with Crippen LogP contribution in [0.15, 0.2) is 47.3 Å². The maximum Gasteiger partial charge on any atom is 0.272 e. The third kappa shape index (κ3) is 2.41. The van der Waals surface area contributed by atoms with Crippen molar-refractivity contribution >= 4 is 16.5 Å². The second-order valence-corrected chi connectivity index (χ2v) is 6.60. The van der Waals surface area contributed by atoms with E-state index in [0.29, 0.717) is 28.4 Å². The van der Waals surface area contributed by atoms with E-state index in [1.807, 2.05) is 37.3 Å². The second-order valence-electron chi connectivity index (χ2n) is 6.60. The molecule has 0 saturated carbocycles. The molecule has 1 aliphatic rings. The minimum atomic E-state index is -0.480. The van der Waals surface area contributed by atoms with Crippen LogP contribution < -0.4 is 10.9 Å². The molecule has 0 fully saturated rings. The highest BCUT2D eigenvalue weighted by atomic mass is 19.1. The molecule has 2 unspecified atom stereocenters. The lowest BCUT2D eigenvalue weighted by Crippen LogP contribution is -2.29. The Balaban J connectivity index is 1.83. The Morgan fingerprint density at radius 1 is 1.07 bits per heavy atom. The molecule has 0 bridgehead atoms. The number of aromatic nitrogens is 5. The van der Waals surface area contributed by atoms with Crippen LogP contribution >= 0.6 is 0 Å². The van der Waals surface area contributed by atoms with Gasteiger partial charge >= 0.3 is 0 Å². The van der Waals surface area contributed by atoms with Crippen molar-refractivity contribution in [2.75, 3.05) is 5.32 Å². The average molecular weight is 362 g/mol. The Bertz CT molecular complexity index is 1220. The van der Waals surface area contributed by atoms with E-state index >= 15 is 0 Å². The van der Waals surface area contributed by atoms with E-state index in [2.05, 4.69) is 30.7 Å². The number of hydrogen-bond acceptors (Lipinski definition) is 5. The topological polar surface area (TPSA) is 99.3 Å². The van der Waals surface area contributed by atoms with Crippen molar-refractivity contribution < 1.29 is 4.39 Å². The normalized spacial score (nSPS) is 18.4. The van der Waals surface area contributed by atoms with Crippen LogP contribution in [0.2, 0.25) is 0 Å². The van der Waals surface area contributed by atoms with Crippen molar-refractivity contribution in [3.63, 3.8) is 0 Å². The van der Waals surface area contributed by atoms with Crippen LogP contribution in [0.1, 0.15) is 34.9 Å². The summed E-state index contributed by atoms with van der Waals surface area (Å²) in [5.74, 6) is 0.411. The molecular formula is C19H15FN6O. The van der Waals surface area contributed by atoms with Gasteiger partial charge in [-0.2, -0.15) is 10.2 Å². The van der Waals surface area contributed by atoms with Crippen molar-refractivity contribution in [3.8, 4) is 0 Å². The van der Waals surface area contributed by atoms with E-state index in [-0.39, 0.29) is 17.3 Å². The van der Waals surface area contributed by atoms with E-state index in [1.165, 1.54) is 12.1 Å². The summed E-state index contributed by atoms with van der Waals surface area (Å²) in [6, 6.07) is 12.1. The number of nitrogens with one attached hydrogen (secondary N) is 3. The molecule has 4 aromatic rings. The van der Waals surface area contributed by atoms with Gasteiger partial charge in [0.1, 0.15) is 11.6 Å². The standard InChI is InChI=1S/C19H15FN6O/c1-9-21-18(25-23-9)15-16(10-5-3-2-4-6-10)22-13-8-11(20)7-12-14(13)17(15)24-26-19(12)27/h2-8,15-16,22H,1H3,(H,26,27)(H,21,23,25). The first kappa shape index (κ1) is 15.7. The molecule has 7 nitrogen and oxygen atoms in total. The minimum Gasteiger partial charge on any atom is -0.376 e. The number of rotatable bonds is 2. The summed E-state index contributed by atoms with van der Waals surface area (Å²) in [6.07, 6.45) is 0. The molecule has 0 amide bonds. The lowest BCUT2D eigenvalue weighted by Gasteiger charge is -2.32. The van der Waals surface area contributed by atoms with E-state index in [9.17, 15) is 9.18 Å². The van der Waals surface area contributed by atoms with E-state index < -0.39 is 11.4 Å². The smallest absolute Gasteiger partial charge is 0.272 e. The van der Waals surface area contributed by atoms with Gasteiger partial charge in [-0.1, -0.05) is 30.3 Å². The van der Waals surface area contributed by atoms with Gasteiger partial charge in [0.2, 0.25) is 0 Å². The highest BCUT2D eigenvalue weighted by molar-refractivity contribution is 5.97. The molecule has 2 atom stereocenters. The van der Waals surface area contributed by atoms with E-state index in [4.69, 9.17) is 0 Å². The molecule has 5 rings (SSSR count). The summed E-state index contributed by atoms with van der Waals surface area (Å²) in [5, 5.41) is 18.2. The summed E-state index contributed by atoms with van der Waals surface area (Å²) in [4.78, 5) is 16.7. The van der Waals surface area contributed by atoms with Crippen molar-refractivity contribution in [1.82, 2.24) is 25.4 Å². The summed E-state index contributed by atoms with van der Waals surface area (Å²) in [7, 11) is 0. The van der Waals surface area contributed by atoms with Crippen LogP contribution in [0.25, 0.3) is 10.8 Å². The van der Waals surface area contributed by atoms with Crippen LogP contribution in [0, 0.1) is 12.7 Å². The van der Waals surface area contributed by atoms with Gasteiger partial charge in [0, 0.05) is 11.1 Å². The molecule has 2 aromatic heterocycles. The number of aryl methyl sites for hydroxylation is 1. The molecule has 3 N–H and O–H groups in total. The van der Waals surface area contributed by atoms with Gasteiger partial charge in [-0.05, 0) is 24.6 Å². The Morgan fingerprint density at radius 2 is 1.89 bits per heavy atom. The second kappa shape index (κ2) is 5.73. The quantitative estimate of drug-likeness (QED) is 0.509. The van der Waals surface area contributed by atoms with Gasteiger partial charge in [-0.25, -0.2) is 14.5 Å². The Kier molecular flexibility index (Phi) is 3.33. The van der Waals surface area contributed by atoms with Crippen LogP contribution in [-0.4, -0.2) is 25.4 Å². The number of halogens is 1. The van der Waals surface area contributed by atoms with Gasteiger partial charge in [0.25, 0.3) is 5.56 Å². The zero-order valence-electron chi connectivity index (χ0n) is 14.3. The molecule has 134 valence electrons. The number of hydrogen-bond donors (Lipinski definition) is 3. The lowest BCUT2D eigenvalue weighted by atomic mass is 9.84. The predicted octanol–water partition coefficient (Wildman–Crippen LogP) is 2.79. The summed E-state index contributed by atoms with van der Waals surface area (Å²) in [6.45, 7) is 1.82. The number of anilines is 1. The van der Waals surface area contributed by atoms with Gasteiger partial charge in [0.15, 0.2) is 5.82 Å². The minimum absolute atomic E-state index is 0.256. The van der Waals surface area contributed by atoms with E-state index in [1.54, 1.807) is 0 Å². The summed E-state index contributed by atoms with van der Waals surface area (Å²) < 4.78 is 14.1. The average Bonchev–Trinajstić information content (AvgIpc) is 3.10.